The van der Waals surface area contributed by atoms with Crippen LogP contribution in [0.5, 0.6) is 0 Å². The van der Waals surface area contributed by atoms with E-state index >= 15 is 0 Å². The number of carboxylic acids is 1. The topological polar surface area (TPSA) is 72.9 Å². The molecule has 0 aromatic rings. The van der Waals surface area contributed by atoms with Gasteiger partial charge in [0.25, 0.3) is 0 Å². The number of rotatable bonds is 5. The van der Waals surface area contributed by atoms with Gasteiger partial charge in [-0.2, -0.15) is 0 Å². The molecule has 0 spiro atoms. The lowest BCUT2D eigenvalue weighted by atomic mass is 10.2. The summed E-state index contributed by atoms with van der Waals surface area (Å²) in [5.74, 6) is -0.989. The van der Waals surface area contributed by atoms with E-state index in [2.05, 4.69) is 10.2 Å². The average molecular weight is 257 g/mol. The Hall–Kier alpha value is -1.30. The van der Waals surface area contributed by atoms with Gasteiger partial charge < -0.3 is 20.2 Å². The van der Waals surface area contributed by atoms with Crippen molar-refractivity contribution in [2.75, 3.05) is 26.7 Å². The van der Waals surface area contributed by atoms with E-state index in [9.17, 15) is 9.59 Å². The van der Waals surface area contributed by atoms with Crippen molar-refractivity contribution in [1.82, 2.24) is 15.1 Å². The molecule has 1 saturated heterocycles. The lowest BCUT2D eigenvalue weighted by Crippen LogP contribution is -2.49. The fraction of sp³-hybridized carbons (Fsp3) is 0.833. The first-order chi connectivity index (χ1) is 8.41. The molecule has 1 unspecified atom stereocenters. The molecule has 0 saturated carbocycles. The number of carbonyl (C=O) groups is 2. The van der Waals surface area contributed by atoms with Crippen LogP contribution >= 0.6 is 0 Å². The lowest BCUT2D eigenvalue weighted by Gasteiger charge is -2.27. The van der Waals surface area contributed by atoms with E-state index in [1.807, 2.05) is 20.9 Å². The van der Waals surface area contributed by atoms with E-state index in [1.165, 1.54) is 4.90 Å². The van der Waals surface area contributed by atoms with E-state index < -0.39 is 5.97 Å². The molecule has 1 heterocycles. The quantitative estimate of drug-likeness (QED) is 0.756. The molecule has 104 valence electrons. The minimum atomic E-state index is -0.989. The summed E-state index contributed by atoms with van der Waals surface area (Å²) in [6.07, 6.45) is 2.23. The van der Waals surface area contributed by atoms with Crippen molar-refractivity contribution in [3.8, 4) is 0 Å². The Morgan fingerprint density at radius 2 is 2.17 bits per heavy atom. The van der Waals surface area contributed by atoms with Crippen molar-refractivity contribution < 1.29 is 14.7 Å². The molecule has 0 aliphatic carbocycles. The van der Waals surface area contributed by atoms with E-state index in [-0.39, 0.29) is 18.6 Å². The zero-order valence-corrected chi connectivity index (χ0v) is 11.3. The zero-order chi connectivity index (χ0) is 13.7. The highest BCUT2D eigenvalue weighted by Gasteiger charge is 2.24. The highest BCUT2D eigenvalue weighted by atomic mass is 16.4. The van der Waals surface area contributed by atoms with Crippen molar-refractivity contribution in [3.63, 3.8) is 0 Å². The van der Waals surface area contributed by atoms with Crippen LogP contribution in [0, 0.1) is 0 Å². The molecule has 2 amide bonds. The number of nitrogens with zero attached hydrogens (tertiary/aromatic N) is 2. The second-order valence-corrected chi connectivity index (χ2v) is 5.08. The van der Waals surface area contributed by atoms with E-state index in [0.717, 1.165) is 19.4 Å². The molecule has 1 rings (SSSR count). The fourth-order valence-electron chi connectivity index (χ4n) is 2.18. The maximum absolute atomic E-state index is 11.9. The molecular formula is C12H23N3O3. The molecule has 1 fully saturated rings. The molecule has 0 aromatic heterocycles. The third-order valence-corrected chi connectivity index (χ3v) is 3.35. The predicted octanol–water partition coefficient (Wildman–Crippen LogP) is 0.585. The van der Waals surface area contributed by atoms with Gasteiger partial charge in [0.1, 0.15) is 6.54 Å². The van der Waals surface area contributed by atoms with Gasteiger partial charge >= 0.3 is 12.0 Å². The molecule has 1 atom stereocenters. The molecule has 6 heteroatoms. The van der Waals surface area contributed by atoms with Gasteiger partial charge in [0.15, 0.2) is 0 Å². The van der Waals surface area contributed by atoms with Crippen LogP contribution in [0.15, 0.2) is 0 Å². The summed E-state index contributed by atoms with van der Waals surface area (Å²) in [7, 11) is 2.04. The van der Waals surface area contributed by atoms with Gasteiger partial charge in [0, 0.05) is 18.6 Å². The fourth-order valence-corrected chi connectivity index (χ4v) is 2.18. The minimum absolute atomic E-state index is 0.123. The van der Waals surface area contributed by atoms with E-state index in [1.54, 1.807) is 0 Å². The van der Waals surface area contributed by atoms with Crippen molar-refractivity contribution >= 4 is 12.0 Å². The SMILES string of the molecule is CC(C)N(CC(=O)O)C(=O)NCC1CCCN1C. The summed E-state index contributed by atoms with van der Waals surface area (Å²) in [6, 6.07) is -0.0529. The maximum Gasteiger partial charge on any atom is 0.323 e. The van der Waals surface area contributed by atoms with E-state index in [0.29, 0.717) is 12.6 Å². The average Bonchev–Trinajstić information content (AvgIpc) is 2.68. The van der Waals surface area contributed by atoms with Crippen LogP contribution in [-0.2, 0) is 4.79 Å². The maximum atomic E-state index is 11.9. The Balaban J connectivity index is 2.43. The Morgan fingerprint density at radius 1 is 1.50 bits per heavy atom. The molecule has 6 nitrogen and oxygen atoms in total. The van der Waals surface area contributed by atoms with Gasteiger partial charge in [-0.05, 0) is 40.3 Å². The third-order valence-electron chi connectivity index (χ3n) is 3.35. The zero-order valence-electron chi connectivity index (χ0n) is 11.3. The Labute approximate surface area is 108 Å². The minimum Gasteiger partial charge on any atom is -0.480 e. The van der Waals surface area contributed by atoms with Crippen LogP contribution in [0.4, 0.5) is 4.79 Å². The number of carboxylic acid groups (broad SMARTS) is 1. The monoisotopic (exact) mass is 257 g/mol. The summed E-state index contributed by atoms with van der Waals surface area (Å²) in [5.41, 5.74) is 0. The highest BCUT2D eigenvalue weighted by molar-refractivity contribution is 5.80. The van der Waals surface area contributed by atoms with E-state index in [4.69, 9.17) is 5.11 Å². The van der Waals surface area contributed by atoms with Crippen LogP contribution in [0.25, 0.3) is 0 Å². The molecule has 18 heavy (non-hydrogen) atoms. The number of hydrogen-bond donors (Lipinski definition) is 2. The molecule has 1 aliphatic rings. The first-order valence-electron chi connectivity index (χ1n) is 6.38. The van der Waals surface area contributed by atoms with Crippen molar-refractivity contribution in [2.24, 2.45) is 0 Å². The molecule has 0 bridgehead atoms. The third kappa shape index (κ3) is 4.18. The standard InChI is InChI=1S/C12H23N3O3/c1-9(2)15(8-11(16)17)12(18)13-7-10-5-4-6-14(10)3/h9-10H,4-8H2,1-3H3,(H,13,18)(H,16,17). The number of nitrogens with one attached hydrogen (secondary N) is 1. The number of carbonyl (C=O) groups excluding carboxylic acids is 1. The first kappa shape index (κ1) is 14.8. The summed E-state index contributed by atoms with van der Waals surface area (Å²) < 4.78 is 0. The van der Waals surface area contributed by atoms with Crippen molar-refractivity contribution in [3.05, 3.63) is 0 Å². The van der Waals surface area contributed by atoms with Crippen LogP contribution in [0.3, 0.4) is 0 Å². The lowest BCUT2D eigenvalue weighted by molar-refractivity contribution is -0.138. The molecule has 0 aromatic carbocycles. The summed E-state index contributed by atoms with van der Waals surface area (Å²) in [4.78, 5) is 26.2. The summed E-state index contributed by atoms with van der Waals surface area (Å²) in [5, 5.41) is 11.6. The smallest absolute Gasteiger partial charge is 0.323 e. The Kier molecular flexibility index (Phi) is 5.40. The van der Waals surface area contributed by atoms with Gasteiger partial charge in [0.05, 0.1) is 0 Å². The second-order valence-electron chi connectivity index (χ2n) is 5.08. The van der Waals surface area contributed by atoms with Gasteiger partial charge in [-0.15, -0.1) is 0 Å². The Bertz CT molecular complexity index is 307. The van der Waals surface area contributed by atoms with Crippen LogP contribution in [-0.4, -0.2) is 65.7 Å². The summed E-state index contributed by atoms with van der Waals surface area (Å²) >= 11 is 0. The largest absolute Gasteiger partial charge is 0.480 e. The number of aliphatic carboxylic acids is 1. The van der Waals surface area contributed by atoms with Crippen LogP contribution < -0.4 is 5.32 Å². The first-order valence-corrected chi connectivity index (χ1v) is 6.38. The number of likely N-dealkylation sites (tertiary alicyclic amines) is 1. The second kappa shape index (κ2) is 6.58. The highest BCUT2D eigenvalue weighted by Crippen LogP contribution is 2.13. The van der Waals surface area contributed by atoms with Crippen LogP contribution in [0.2, 0.25) is 0 Å². The molecule has 2 N–H and O–H groups in total. The number of likely N-dealkylation sites (N-methyl/N-ethyl adjacent to an activating group) is 1. The molecular weight excluding hydrogens is 234 g/mol. The molecule has 1 aliphatic heterocycles. The Morgan fingerprint density at radius 3 is 2.61 bits per heavy atom. The van der Waals surface area contributed by atoms with Gasteiger partial charge in [-0.3, -0.25) is 4.79 Å². The van der Waals surface area contributed by atoms with Crippen LogP contribution in [0.1, 0.15) is 26.7 Å². The van der Waals surface area contributed by atoms with Gasteiger partial charge in [-0.25, -0.2) is 4.79 Å². The van der Waals surface area contributed by atoms with Crippen molar-refractivity contribution in [1.29, 1.82) is 0 Å². The van der Waals surface area contributed by atoms with Gasteiger partial charge in [0.2, 0.25) is 0 Å². The molecule has 0 radical (unpaired) electrons. The predicted molar refractivity (Wildman–Crippen MR) is 68.5 cm³/mol. The number of hydrogen-bond acceptors (Lipinski definition) is 3. The van der Waals surface area contributed by atoms with Gasteiger partial charge in [-0.1, -0.05) is 0 Å². The summed E-state index contributed by atoms with van der Waals surface area (Å²) in [6.45, 7) is 5.00. The number of urea groups is 1. The normalized spacial score (nSPS) is 20.1. The number of amides is 2. The van der Waals surface area contributed by atoms with Crippen molar-refractivity contribution in [2.45, 2.75) is 38.8 Å².